The number of hydrogen-bond acceptors (Lipinski definition) is 10. The van der Waals surface area contributed by atoms with Crippen LogP contribution in [0.25, 0.3) is 22.1 Å². The summed E-state index contributed by atoms with van der Waals surface area (Å²) in [4.78, 5) is 33.3. The van der Waals surface area contributed by atoms with Gasteiger partial charge in [-0.3, -0.25) is 4.79 Å². The highest BCUT2D eigenvalue weighted by Gasteiger charge is 2.22. The molecule has 0 atom stereocenters. The number of nitrogens with zero attached hydrogens (tertiary/aromatic N) is 9. The van der Waals surface area contributed by atoms with E-state index >= 15 is 4.39 Å². The van der Waals surface area contributed by atoms with Crippen molar-refractivity contribution in [2.24, 2.45) is 7.05 Å². The van der Waals surface area contributed by atoms with Crippen molar-refractivity contribution < 1.29 is 13.9 Å². The lowest BCUT2D eigenvalue weighted by molar-refractivity contribution is -0.126. The lowest BCUT2D eigenvalue weighted by atomic mass is 10.2. The predicted octanol–water partition coefficient (Wildman–Crippen LogP) is 3.52. The molecule has 6 rings (SSSR count). The topological polar surface area (TPSA) is 127 Å². The summed E-state index contributed by atoms with van der Waals surface area (Å²) in [5.41, 5.74) is 3.43. The maximum absolute atomic E-state index is 15.3. The minimum atomic E-state index is -0.523. The molecule has 202 valence electrons. The second-order valence-electron chi connectivity index (χ2n) is 9.33. The van der Waals surface area contributed by atoms with Gasteiger partial charge in [0, 0.05) is 45.4 Å². The van der Waals surface area contributed by atoms with E-state index in [1.54, 1.807) is 34.0 Å². The highest BCUT2D eigenvalue weighted by molar-refractivity contribution is 5.88. The Morgan fingerprint density at radius 1 is 1.10 bits per heavy atom. The van der Waals surface area contributed by atoms with E-state index in [1.165, 1.54) is 18.5 Å². The summed E-state index contributed by atoms with van der Waals surface area (Å²) in [6, 6.07) is 8.37. The minimum absolute atomic E-state index is 0.0979. The first-order valence-electron chi connectivity index (χ1n) is 12.6. The Labute approximate surface area is 228 Å². The second kappa shape index (κ2) is 10.2. The Morgan fingerprint density at radius 2 is 1.93 bits per heavy atom. The number of halogens is 1. The number of fused-ring (bicyclic) bond motifs is 2. The Morgan fingerprint density at radius 3 is 2.73 bits per heavy atom. The molecule has 0 unspecified atom stereocenters. The Bertz CT molecular complexity index is 1760. The maximum atomic E-state index is 15.3. The SMILES string of the molecule is C=CC(=O)N1CCN(c2ncc3ncnc(Nc4cc(C)c(Oc5ccc6c(c5)nnn6C)cc4F)c3n2)CC1. The molecule has 1 fully saturated rings. The van der Waals surface area contributed by atoms with Gasteiger partial charge in [-0.2, -0.15) is 0 Å². The van der Waals surface area contributed by atoms with Gasteiger partial charge >= 0.3 is 0 Å². The summed E-state index contributed by atoms with van der Waals surface area (Å²) in [7, 11) is 1.81. The molecule has 1 N–H and O–H groups in total. The molecule has 3 aromatic heterocycles. The fourth-order valence-corrected chi connectivity index (χ4v) is 4.55. The molecule has 1 aliphatic heterocycles. The van der Waals surface area contributed by atoms with E-state index in [4.69, 9.17) is 4.74 Å². The number of benzene rings is 2. The number of carbonyl (C=O) groups excluding carboxylic acids is 1. The number of amides is 1. The third-order valence-corrected chi connectivity index (χ3v) is 6.74. The van der Waals surface area contributed by atoms with Crippen LogP contribution in [0.15, 0.2) is 55.5 Å². The van der Waals surface area contributed by atoms with Crippen LogP contribution in [0.5, 0.6) is 11.5 Å². The standard InChI is InChI=1S/C27H25FN10O2/c1-4-24(39)37-7-9-38(10-8-37)27-29-14-21-25(33-27)26(31-15-30-21)32-19-11-16(2)23(13-18(19)28)40-17-5-6-22-20(12-17)34-35-36(22)3/h4-6,11-15H,1,7-10H2,2-3H3,(H,30,31,32). The van der Waals surface area contributed by atoms with E-state index in [0.29, 0.717) is 71.6 Å². The van der Waals surface area contributed by atoms with Crippen LogP contribution < -0.4 is 15.0 Å². The van der Waals surface area contributed by atoms with Crippen LogP contribution in [0.1, 0.15) is 5.56 Å². The molecule has 12 nitrogen and oxygen atoms in total. The summed E-state index contributed by atoms with van der Waals surface area (Å²) in [6.45, 7) is 7.59. The van der Waals surface area contributed by atoms with Crippen molar-refractivity contribution in [3.8, 4) is 11.5 Å². The van der Waals surface area contributed by atoms with Gasteiger partial charge in [0.25, 0.3) is 0 Å². The predicted molar refractivity (Wildman–Crippen MR) is 147 cm³/mol. The molecule has 1 saturated heterocycles. The number of carbonyl (C=O) groups is 1. The zero-order chi connectivity index (χ0) is 27.8. The summed E-state index contributed by atoms with van der Waals surface area (Å²) in [6.07, 6.45) is 4.30. The molecule has 1 aliphatic rings. The second-order valence-corrected chi connectivity index (χ2v) is 9.33. The van der Waals surface area contributed by atoms with Gasteiger partial charge in [-0.25, -0.2) is 29.0 Å². The molecule has 13 heteroatoms. The fraction of sp³-hybridized carbons (Fsp3) is 0.222. The zero-order valence-electron chi connectivity index (χ0n) is 21.9. The molecule has 0 radical (unpaired) electrons. The van der Waals surface area contributed by atoms with Crippen LogP contribution in [-0.2, 0) is 11.8 Å². The summed E-state index contributed by atoms with van der Waals surface area (Å²) >= 11 is 0. The van der Waals surface area contributed by atoms with Crippen LogP contribution in [0, 0.1) is 12.7 Å². The first-order valence-corrected chi connectivity index (χ1v) is 12.6. The molecule has 0 saturated carbocycles. The van der Waals surface area contributed by atoms with Gasteiger partial charge in [0.05, 0.1) is 17.4 Å². The van der Waals surface area contributed by atoms with Crippen molar-refractivity contribution in [3.63, 3.8) is 0 Å². The molecule has 0 spiro atoms. The van der Waals surface area contributed by atoms with Gasteiger partial charge in [-0.05, 0) is 36.8 Å². The molecular weight excluding hydrogens is 515 g/mol. The average Bonchev–Trinajstić information content (AvgIpc) is 3.35. The van der Waals surface area contributed by atoms with E-state index in [9.17, 15) is 4.79 Å². The minimum Gasteiger partial charge on any atom is -0.457 e. The molecule has 1 amide bonds. The normalized spacial score (nSPS) is 13.6. The Kier molecular flexibility index (Phi) is 6.38. The highest BCUT2D eigenvalue weighted by Crippen LogP contribution is 2.33. The number of aryl methyl sites for hydroxylation is 2. The molecular formula is C27H25FN10O2. The van der Waals surface area contributed by atoms with E-state index in [2.05, 4.69) is 42.1 Å². The van der Waals surface area contributed by atoms with Crippen molar-refractivity contribution >= 4 is 45.4 Å². The summed E-state index contributed by atoms with van der Waals surface area (Å²) in [5.74, 6) is 1.10. The summed E-state index contributed by atoms with van der Waals surface area (Å²) < 4.78 is 22.9. The largest absolute Gasteiger partial charge is 0.457 e. The first-order chi connectivity index (χ1) is 19.4. The van der Waals surface area contributed by atoms with Gasteiger partial charge in [-0.15, -0.1) is 5.10 Å². The summed E-state index contributed by atoms with van der Waals surface area (Å²) in [5, 5.41) is 11.2. The van der Waals surface area contributed by atoms with Crippen LogP contribution in [0.4, 0.5) is 21.8 Å². The number of rotatable bonds is 6. The molecule has 2 aromatic carbocycles. The lowest BCUT2D eigenvalue weighted by Gasteiger charge is -2.34. The van der Waals surface area contributed by atoms with Crippen LogP contribution in [0.3, 0.4) is 0 Å². The van der Waals surface area contributed by atoms with Crippen molar-refractivity contribution in [3.05, 3.63) is 66.9 Å². The van der Waals surface area contributed by atoms with Crippen molar-refractivity contribution in [2.45, 2.75) is 6.92 Å². The third kappa shape index (κ3) is 4.72. The van der Waals surface area contributed by atoms with E-state index < -0.39 is 5.82 Å². The molecule has 5 aromatic rings. The van der Waals surface area contributed by atoms with Gasteiger partial charge in [-0.1, -0.05) is 11.8 Å². The van der Waals surface area contributed by atoms with Crippen molar-refractivity contribution in [2.75, 3.05) is 36.4 Å². The monoisotopic (exact) mass is 540 g/mol. The van der Waals surface area contributed by atoms with Gasteiger partial charge < -0.3 is 19.9 Å². The van der Waals surface area contributed by atoms with Crippen LogP contribution in [0.2, 0.25) is 0 Å². The van der Waals surface area contributed by atoms with E-state index in [-0.39, 0.29) is 11.6 Å². The smallest absolute Gasteiger partial charge is 0.246 e. The number of nitrogens with one attached hydrogen (secondary N) is 1. The van der Waals surface area contributed by atoms with E-state index in [1.807, 2.05) is 24.9 Å². The third-order valence-electron chi connectivity index (χ3n) is 6.74. The number of piperazine rings is 1. The average molecular weight is 541 g/mol. The van der Waals surface area contributed by atoms with Gasteiger partial charge in [0.15, 0.2) is 5.82 Å². The van der Waals surface area contributed by atoms with Crippen LogP contribution >= 0.6 is 0 Å². The molecule has 0 aliphatic carbocycles. The number of aromatic nitrogens is 7. The zero-order valence-corrected chi connectivity index (χ0v) is 21.9. The number of anilines is 3. The molecule has 4 heterocycles. The lowest BCUT2D eigenvalue weighted by Crippen LogP contribution is -2.48. The van der Waals surface area contributed by atoms with Crippen molar-refractivity contribution in [1.82, 2.24) is 39.8 Å². The highest BCUT2D eigenvalue weighted by atomic mass is 19.1. The van der Waals surface area contributed by atoms with Crippen molar-refractivity contribution in [1.29, 1.82) is 0 Å². The Balaban J connectivity index is 1.24. The molecule has 0 bridgehead atoms. The number of hydrogen-bond donors (Lipinski definition) is 1. The van der Waals surface area contributed by atoms with Crippen LogP contribution in [-0.4, -0.2) is 71.9 Å². The Hall–Kier alpha value is -5.20. The quantitative estimate of drug-likeness (QED) is 0.320. The number of ether oxygens (including phenoxy) is 1. The van der Waals surface area contributed by atoms with Gasteiger partial charge in [0.2, 0.25) is 11.9 Å². The van der Waals surface area contributed by atoms with E-state index in [0.717, 1.165) is 5.52 Å². The first kappa shape index (κ1) is 25.1. The molecule has 40 heavy (non-hydrogen) atoms. The fourth-order valence-electron chi connectivity index (χ4n) is 4.55. The van der Waals surface area contributed by atoms with Gasteiger partial charge in [0.1, 0.15) is 40.2 Å². The maximum Gasteiger partial charge on any atom is 0.246 e.